The summed E-state index contributed by atoms with van der Waals surface area (Å²) >= 11 is 0. The van der Waals surface area contributed by atoms with Gasteiger partial charge in [-0.2, -0.15) is 26.3 Å². The van der Waals surface area contributed by atoms with Gasteiger partial charge in [-0.3, -0.25) is 4.90 Å². The van der Waals surface area contributed by atoms with Gasteiger partial charge in [-0.15, -0.1) is 20.4 Å². The number of amides is 1. The molecule has 1 N–H and O–H groups in total. The highest BCUT2D eigenvalue weighted by Crippen LogP contribution is 2.31. The highest BCUT2D eigenvalue weighted by Gasteiger charge is 2.41. The Morgan fingerprint density at radius 3 is 2.09 bits per heavy atom. The number of carbonyl (C=O) groups excluding carboxylic acids is 1. The Labute approximate surface area is 190 Å². The largest absolute Gasteiger partial charge is 0.451 e. The molecular weight excluding hydrogens is 474 g/mol. The number of ether oxygens (including phenoxy) is 1. The zero-order valence-electron chi connectivity index (χ0n) is 18.8. The van der Waals surface area contributed by atoms with Crippen molar-refractivity contribution in [2.24, 2.45) is 0 Å². The molecule has 34 heavy (non-hydrogen) atoms. The van der Waals surface area contributed by atoms with Crippen molar-refractivity contribution in [2.75, 3.05) is 13.1 Å². The number of hydrogen-bond donors (Lipinski definition) is 1. The standard InChI is InChI=1S/C11H15F3N4O2.C7H9F3N4/c1-10(2,3)20-9(19)17-4-5-18-7(6-17)15-16-8(18)11(12,13)14;1-4-5-12-13-6(7(8,9)10)14(5)3-2-11-4/h4-6H2,1-3H3;4,11H,2-3H2,1H3. The molecule has 190 valence electrons. The Kier molecular flexibility index (Phi) is 6.83. The molecule has 16 heteroatoms. The molecule has 2 aromatic heterocycles. The second-order valence-corrected chi connectivity index (χ2v) is 8.70. The van der Waals surface area contributed by atoms with E-state index in [1.165, 1.54) is 4.90 Å². The third kappa shape index (κ3) is 5.77. The monoisotopic (exact) mass is 498 g/mol. The van der Waals surface area contributed by atoms with Crippen molar-refractivity contribution in [3.63, 3.8) is 0 Å². The Morgan fingerprint density at radius 2 is 1.50 bits per heavy atom. The van der Waals surface area contributed by atoms with Gasteiger partial charge in [0, 0.05) is 26.2 Å². The van der Waals surface area contributed by atoms with E-state index in [-0.39, 0.29) is 38.0 Å². The van der Waals surface area contributed by atoms with Gasteiger partial charge in [-0.05, 0) is 27.7 Å². The number of rotatable bonds is 0. The van der Waals surface area contributed by atoms with E-state index in [0.29, 0.717) is 12.4 Å². The van der Waals surface area contributed by atoms with Crippen molar-refractivity contribution in [1.82, 2.24) is 39.7 Å². The number of aromatic nitrogens is 6. The summed E-state index contributed by atoms with van der Waals surface area (Å²) in [5.41, 5.74) is -0.653. The highest BCUT2D eigenvalue weighted by atomic mass is 19.4. The normalized spacial score (nSPS) is 18.5. The average Bonchev–Trinajstić information content (AvgIpc) is 3.31. The maximum absolute atomic E-state index is 12.7. The lowest BCUT2D eigenvalue weighted by molar-refractivity contribution is -0.148. The fourth-order valence-electron chi connectivity index (χ4n) is 3.40. The molecule has 0 radical (unpaired) electrons. The first kappa shape index (κ1) is 25.7. The number of carbonyl (C=O) groups is 1. The van der Waals surface area contributed by atoms with Crippen molar-refractivity contribution >= 4 is 6.09 Å². The van der Waals surface area contributed by atoms with Crippen LogP contribution < -0.4 is 5.32 Å². The van der Waals surface area contributed by atoms with Crippen LogP contribution in [0, 0.1) is 0 Å². The summed E-state index contributed by atoms with van der Waals surface area (Å²) in [5.74, 6) is -1.48. The minimum Gasteiger partial charge on any atom is -0.444 e. The summed E-state index contributed by atoms with van der Waals surface area (Å²) in [5, 5.41) is 16.4. The fraction of sp³-hybridized carbons (Fsp3) is 0.722. The molecule has 1 atom stereocenters. The lowest BCUT2D eigenvalue weighted by atomic mass is 10.2. The van der Waals surface area contributed by atoms with E-state index in [1.807, 2.05) is 0 Å². The van der Waals surface area contributed by atoms with Crippen LogP contribution in [0.1, 0.15) is 57.0 Å². The number of alkyl halides is 6. The van der Waals surface area contributed by atoms with E-state index in [4.69, 9.17) is 4.74 Å². The molecule has 0 fully saturated rings. The summed E-state index contributed by atoms with van der Waals surface area (Å²) in [6, 6.07) is -0.174. The first-order valence-corrected chi connectivity index (χ1v) is 10.3. The Hall–Kier alpha value is -2.91. The van der Waals surface area contributed by atoms with Crippen LogP contribution in [0.5, 0.6) is 0 Å². The summed E-state index contributed by atoms with van der Waals surface area (Å²) in [4.78, 5) is 13.2. The summed E-state index contributed by atoms with van der Waals surface area (Å²) in [6.45, 7) is 7.78. The average molecular weight is 498 g/mol. The third-order valence-corrected chi connectivity index (χ3v) is 4.86. The molecule has 2 aliphatic heterocycles. The van der Waals surface area contributed by atoms with E-state index in [0.717, 1.165) is 9.13 Å². The summed E-state index contributed by atoms with van der Waals surface area (Å²) < 4.78 is 82.4. The summed E-state index contributed by atoms with van der Waals surface area (Å²) in [6.07, 6.45) is -9.53. The Bertz CT molecular complexity index is 1020. The Balaban J connectivity index is 0.000000202. The smallest absolute Gasteiger partial charge is 0.444 e. The van der Waals surface area contributed by atoms with Crippen molar-refractivity contribution in [2.45, 2.75) is 71.3 Å². The van der Waals surface area contributed by atoms with Crippen LogP contribution in [0.15, 0.2) is 0 Å². The first-order valence-electron chi connectivity index (χ1n) is 10.3. The number of halogens is 6. The third-order valence-electron chi connectivity index (χ3n) is 4.86. The number of nitrogens with one attached hydrogen (secondary N) is 1. The molecule has 10 nitrogen and oxygen atoms in total. The number of fused-ring (bicyclic) bond motifs is 2. The van der Waals surface area contributed by atoms with Crippen LogP contribution in [-0.2, 0) is 36.7 Å². The van der Waals surface area contributed by atoms with Gasteiger partial charge >= 0.3 is 18.4 Å². The molecule has 0 bridgehead atoms. The molecule has 0 saturated carbocycles. The maximum atomic E-state index is 12.7. The van der Waals surface area contributed by atoms with Crippen LogP contribution in [0.4, 0.5) is 31.1 Å². The molecule has 0 aliphatic carbocycles. The molecule has 0 aromatic carbocycles. The lowest BCUT2D eigenvalue weighted by Crippen LogP contribution is -2.42. The second kappa shape index (κ2) is 9.03. The van der Waals surface area contributed by atoms with Crippen LogP contribution in [0.2, 0.25) is 0 Å². The molecule has 4 heterocycles. The quantitative estimate of drug-likeness (QED) is 0.557. The lowest BCUT2D eigenvalue weighted by Gasteiger charge is -2.30. The van der Waals surface area contributed by atoms with E-state index < -0.39 is 35.7 Å². The molecule has 2 aromatic rings. The minimum atomic E-state index is -4.54. The van der Waals surface area contributed by atoms with E-state index in [2.05, 4.69) is 25.7 Å². The van der Waals surface area contributed by atoms with E-state index in [9.17, 15) is 31.1 Å². The predicted molar refractivity (Wildman–Crippen MR) is 103 cm³/mol. The van der Waals surface area contributed by atoms with Crippen LogP contribution in [0.3, 0.4) is 0 Å². The van der Waals surface area contributed by atoms with Crippen LogP contribution in [-0.4, -0.2) is 59.2 Å². The zero-order valence-corrected chi connectivity index (χ0v) is 18.8. The van der Waals surface area contributed by atoms with Gasteiger partial charge in [-0.25, -0.2) is 4.79 Å². The Morgan fingerprint density at radius 1 is 0.912 bits per heavy atom. The minimum absolute atomic E-state index is 0.00355. The molecule has 0 saturated heterocycles. The van der Waals surface area contributed by atoms with Crippen molar-refractivity contribution < 1.29 is 35.9 Å². The van der Waals surface area contributed by atoms with Crippen LogP contribution in [0.25, 0.3) is 0 Å². The van der Waals surface area contributed by atoms with E-state index in [1.54, 1.807) is 27.7 Å². The molecule has 1 amide bonds. The van der Waals surface area contributed by atoms with Crippen molar-refractivity contribution in [1.29, 1.82) is 0 Å². The molecule has 4 rings (SSSR count). The van der Waals surface area contributed by atoms with Crippen molar-refractivity contribution in [3.8, 4) is 0 Å². The molecule has 2 aliphatic rings. The first-order chi connectivity index (χ1) is 15.6. The maximum Gasteiger partial charge on any atom is 0.451 e. The van der Waals surface area contributed by atoms with Crippen molar-refractivity contribution in [3.05, 3.63) is 23.3 Å². The van der Waals surface area contributed by atoms with Gasteiger partial charge in [0.2, 0.25) is 11.6 Å². The van der Waals surface area contributed by atoms with Gasteiger partial charge in [0.05, 0.1) is 12.6 Å². The molecule has 0 spiro atoms. The SMILES string of the molecule is CC(C)(C)OC(=O)N1CCn2c(nnc2C(F)(F)F)C1.CC1NCCn2c1nnc2C(F)(F)F. The fourth-order valence-corrected chi connectivity index (χ4v) is 3.40. The number of nitrogens with zero attached hydrogens (tertiary/aromatic N) is 7. The van der Waals surface area contributed by atoms with Gasteiger partial charge in [0.1, 0.15) is 11.4 Å². The van der Waals surface area contributed by atoms with Gasteiger partial charge in [-0.1, -0.05) is 0 Å². The van der Waals surface area contributed by atoms with Gasteiger partial charge in [0.25, 0.3) is 0 Å². The molecule has 1 unspecified atom stereocenters. The topological polar surface area (TPSA) is 103 Å². The number of hydrogen-bond acceptors (Lipinski definition) is 7. The summed E-state index contributed by atoms with van der Waals surface area (Å²) in [7, 11) is 0. The second-order valence-electron chi connectivity index (χ2n) is 8.70. The predicted octanol–water partition coefficient (Wildman–Crippen LogP) is 3.01. The molecular formula is C18H24F6N8O2. The van der Waals surface area contributed by atoms with Crippen LogP contribution >= 0.6 is 0 Å². The zero-order chi connectivity index (χ0) is 25.5. The highest BCUT2D eigenvalue weighted by molar-refractivity contribution is 5.68. The van der Waals surface area contributed by atoms with Gasteiger partial charge < -0.3 is 19.2 Å². The van der Waals surface area contributed by atoms with E-state index >= 15 is 0 Å². The van der Waals surface area contributed by atoms with Gasteiger partial charge in [0.15, 0.2) is 5.82 Å².